The number of aromatic nitrogens is 1. The van der Waals surface area contributed by atoms with E-state index in [1.807, 2.05) is 0 Å². The van der Waals surface area contributed by atoms with E-state index in [-0.39, 0.29) is 0 Å². The fourth-order valence-electron chi connectivity index (χ4n) is 5.20. The molecule has 2 aromatic rings. The molecule has 0 bridgehead atoms. The van der Waals surface area contributed by atoms with Crippen molar-refractivity contribution in [2.45, 2.75) is 110 Å². The van der Waals surface area contributed by atoms with Crippen molar-refractivity contribution in [3.63, 3.8) is 0 Å². The molecule has 0 spiro atoms. The molecule has 0 N–H and O–H groups in total. The normalized spacial score (nSPS) is 18.9. The van der Waals surface area contributed by atoms with E-state index in [4.69, 9.17) is 4.98 Å². The van der Waals surface area contributed by atoms with Crippen LogP contribution in [0.5, 0.6) is 0 Å². The number of hydrogen-bond acceptors (Lipinski definition) is 1. The first kappa shape index (κ1) is 24.0. The SMILES string of the molecule is CCCCCCC1CCC(CCc2ccc(-c3ccc(CCCCC)cc3)nc2)CC1. The zero-order chi connectivity index (χ0) is 21.7. The van der Waals surface area contributed by atoms with Crippen LogP contribution >= 0.6 is 0 Å². The summed E-state index contributed by atoms with van der Waals surface area (Å²) in [7, 11) is 0. The van der Waals surface area contributed by atoms with Gasteiger partial charge in [0.15, 0.2) is 0 Å². The third-order valence-electron chi connectivity index (χ3n) is 7.42. The van der Waals surface area contributed by atoms with Crippen LogP contribution in [0.1, 0.15) is 108 Å². The second-order valence-electron chi connectivity index (χ2n) is 9.98. The molecule has 0 saturated heterocycles. The molecule has 0 atom stereocenters. The molecule has 0 radical (unpaired) electrons. The van der Waals surface area contributed by atoms with Gasteiger partial charge in [-0.05, 0) is 54.7 Å². The molecular formula is C30H45N. The summed E-state index contributed by atoms with van der Waals surface area (Å²) < 4.78 is 0. The lowest BCUT2D eigenvalue weighted by molar-refractivity contribution is 0.249. The van der Waals surface area contributed by atoms with Crippen molar-refractivity contribution in [3.05, 3.63) is 53.7 Å². The summed E-state index contributed by atoms with van der Waals surface area (Å²) >= 11 is 0. The number of hydrogen-bond donors (Lipinski definition) is 0. The summed E-state index contributed by atoms with van der Waals surface area (Å²) in [6.07, 6.45) is 22.8. The third-order valence-corrected chi connectivity index (χ3v) is 7.42. The Labute approximate surface area is 192 Å². The number of pyridine rings is 1. The van der Waals surface area contributed by atoms with E-state index in [0.29, 0.717) is 0 Å². The summed E-state index contributed by atoms with van der Waals surface area (Å²) in [6.45, 7) is 4.57. The number of nitrogens with zero attached hydrogens (tertiary/aromatic N) is 1. The average Bonchev–Trinajstić information content (AvgIpc) is 2.82. The van der Waals surface area contributed by atoms with Gasteiger partial charge in [-0.1, -0.05) is 115 Å². The van der Waals surface area contributed by atoms with Crippen LogP contribution in [0.25, 0.3) is 11.3 Å². The van der Waals surface area contributed by atoms with E-state index in [1.165, 1.54) is 113 Å². The first-order valence-electron chi connectivity index (χ1n) is 13.3. The van der Waals surface area contributed by atoms with Gasteiger partial charge in [0.2, 0.25) is 0 Å². The molecule has 1 heterocycles. The molecule has 0 unspecified atom stereocenters. The Balaban J connectivity index is 1.38. The maximum absolute atomic E-state index is 4.78. The van der Waals surface area contributed by atoms with Gasteiger partial charge in [0.1, 0.15) is 0 Å². The topological polar surface area (TPSA) is 12.9 Å². The Bertz CT molecular complexity index is 707. The summed E-state index contributed by atoms with van der Waals surface area (Å²) in [5.41, 5.74) is 5.20. The number of rotatable bonds is 13. The molecule has 1 aromatic carbocycles. The van der Waals surface area contributed by atoms with Crippen molar-refractivity contribution in [3.8, 4) is 11.3 Å². The van der Waals surface area contributed by atoms with Crippen LogP contribution < -0.4 is 0 Å². The fraction of sp³-hybridized carbons (Fsp3) is 0.633. The Morgan fingerprint density at radius 1 is 0.645 bits per heavy atom. The Morgan fingerprint density at radius 2 is 1.29 bits per heavy atom. The fourth-order valence-corrected chi connectivity index (χ4v) is 5.20. The highest BCUT2D eigenvalue weighted by molar-refractivity contribution is 5.59. The summed E-state index contributed by atoms with van der Waals surface area (Å²) in [6, 6.07) is 13.6. The van der Waals surface area contributed by atoms with Gasteiger partial charge in [-0.3, -0.25) is 4.98 Å². The van der Waals surface area contributed by atoms with Gasteiger partial charge < -0.3 is 0 Å². The van der Waals surface area contributed by atoms with E-state index in [2.05, 4.69) is 56.4 Å². The van der Waals surface area contributed by atoms with Crippen LogP contribution in [0.15, 0.2) is 42.6 Å². The van der Waals surface area contributed by atoms with E-state index < -0.39 is 0 Å². The standard InChI is InChI=1S/C30H45N/c1-3-5-7-9-11-25-12-14-27(15-13-25)16-17-28-20-23-30(31-24-28)29-21-18-26(19-22-29)10-8-6-4-2/h18-25,27H,3-17H2,1-2H3. The van der Waals surface area contributed by atoms with Crippen LogP contribution in [-0.4, -0.2) is 4.98 Å². The van der Waals surface area contributed by atoms with Gasteiger partial charge >= 0.3 is 0 Å². The molecule has 1 aliphatic rings. The van der Waals surface area contributed by atoms with Gasteiger partial charge in [-0.25, -0.2) is 0 Å². The van der Waals surface area contributed by atoms with Gasteiger partial charge in [0.25, 0.3) is 0 Å². The second-order valence-corrected chi connectivity index (χ2v) is 9.98. The average molecular weight is 420 g/mol. The monoisotopic (exact) mass is 419 g/mol. The van der Waals surface area contributed by atoms with Crippen molar-refractivity contribution >= 4 is 0 Å². The molecule has 1 fully saturated rings. The second kappa shape index (κ2) is 13.7. The third kappa shape index (κ3) is 8.43. The maximum atomic E-state index is 4.78. The first-order chi connectivity index (χ1) is 15.3. The minimum atomic E-state index is 0.937. The molecule has 1 saturated carbocycles. The van der Waals surface area contributed by atoms with Crippen LogP contribution in [0.4, 0.5) is 0 Å². The molecule has 0 amide bonds. The Hall–Kier alpha value is -1.63. The molecule has 31 heavy (non-hydrogen) atoms. The molecule has 1 heteroatoms. The maximum Gasteiger partial charge on any atom is 0.0702 e. The molecule has 3 rings (SSSR count). The predicted octanol–water partition coefficient (Wildman–Crippen LogP) is 9.19. The van der Waals surface area contributed by atoms with E-state index in [0.717, 1.165) is 17.5 Å². The van der Waals surface area contributed by atoms with Gasteiger partial charge in [-0.2, -0.15) is 0 Å². The van der Waals surface area contributed by atoms with Gasteiger partial charge in [-0.15, -0.1) is 0 Å². The van der Waals surface area contributed by atoms with Crippen LogP contribution in [0, 0.1) is 11.8 Å². The minimum Gasteiger partial charge on any atom is -0.256 e. The number of unbranched alkanes of at least 4 members (excludes halogenated alkanes) is 5. The van der Waals surface area contributed by atoms with Crippen molar-refractivity contribution < 1.29 is 0 Å². The summed E-state index contributed by atoms with van der Waals surface area (Å²) in [5.74, 6) is 1.96. The number of benzene rings is 1. The quantitative estimate of drug-likeness (QED) is 0.295. The predicted molar refractivity (Wildman–Crippen MR) is 135 cm³/mol. The minimum absolute atomic E-state index is 0.937. The molecule has 1 nitrogen and oxygen atoms in total. The molecule has 170 valence electrons. The van der Waals surface area contributed by atoms with Crippen molar-refractivity contribution in [1.82, 2.24) is 4.98 Å². The summed E-state index contributed by atoms with van der Waals surface area (Å²) in [4.78, 5) is 4.78. The molecule has 1 aliphatic carbocycles. The lowest BCUT2D eigenvalue weighted by Crippen LogP contribution is -2.15. The molecule has 0 aliphatic heterocycles. The summed E-state index contributed by atoms with van der Waals surface area (Å²) in [5, 5.41) is 0. The van der Waals surface area contributed by atoms with E-state index in [1.54, 1.807) is 0 Å². The van der Waals surface area contributed by atoms with Crippen LogP contribution in [-0.2, 0) is 12.8 Å². The zero-order valence-corrected chi connectivity index (χ0v) is 20.2. The molecular weight excluding hydrogens is 374 g/mol. The van der Waals surface area contributed by atoms with Gasteiger partial charge in [0.05, 0.1) is 5.69 Å². The van der Waals surface area contributed by atoms with E-state index in [9.17, 15) is 0 Å². The largest absolute Gasteiger partial charge is 0.256 e. The highest BCUT2D eigenvalue weighted by Crippen LogP contribution is 2.34. The number of aryl methyl sites for hydroxylation is 2. The molecule has 1 aromatic heterocycles. The Morgan fingerprint density at radius 3 is 1.94 bits per heavy atom. The van der Waals surface area contributed by atoms with Crippen molar-refractivity contribution in [2.24, 2.45) is 11.8 Å². The first-order valence-corrected chi connectivity index (χ1v) is 13.3. The highest BCUT2D eigenvalue weighted by Gasteiger charge is 2.20. The van der Waals surface area contributed by atoms with E-state index >= 15 is 0 Å². The smallest absolute Gasteiger partial charge is 0.0702 e. The zero-order valence-electron chi connectivity index (χ0n) is 20.2. The van der Waals surface area contributed by atoms with Crippen LogP contribution in [0.2, 0.25) is 0 Å². The van der Waals surface area contributed by atoms with Crippen molar-refractivity contribution in [1.29, 1.82) is 0 Å². The highest BCUT2D eigenvalue weighted by atomic mass is 14.7. The lowest BCUT2D eigenvalue weighted by Gasteiger charge is -2.28. The van der Waals surface area contributed by atoms with Crippen LogP contribution in [0.3, 0.4) is 0 Å². The Kier molecular flexibility index (Phi) is 10.6. The lowest BCUT2D eigenvalue weighted by atomic mass is 9.78. The van der Waals surface area contributed by atoms with Gasteiger partial charge in [0, 0.05) is 11.8 Å². The van der Waals surface area contributed by atoms with Crippen molar-refractivity contribution in [2.75, 3.05) is 0 Å².